The SMILES string of the molecule is CCCCCCCCCCCCCCOc1cccc(C(=O)C=Cc2ccc(SC)cc2)c1. The maximum absolute atomic E-state index is 12.5. The molecule has 2 nitrogen and oxygen atoms in total. The van der Waals surface area contributed by atoms with E-state index in [0.29, 0.717) is 12.2 Å². The second-order valence-corrected chi connectivity index (χ2v) is 9.62. The van der Waals surface area contributed by atoms with Crippen LogP contribution in [0.5, 0.6) is 5.75 Å². The Morgan fingerprint density at radius 3 is 2.03 bits per heavy atom. The van der Waals surface area contributed by atoms with Crippen LogP contribution in [0.2, 0.25) is 0 Å². The van der Waals surface area contributed by atoms with Gasteiger partial charge in [-0.1, -0.05) is 108 Å². The summed E-state index contributed by atoms with van der Waals surface area (Å²) in [7, 11) is 0. The van der Waals surface area contributed by atoms with Crippen molar-refractivity contribution in [1.82, 2.24) is 0 Å². The summed E-state index contributed by atoms with van der Waals surface area (Å²) in [6, 6.07) is 15.7. The Kier molecular flexibility index (Phi) is 14.4. The van der Waals surface area contributed by atoms with Crippen molar-refractivity contribution in [2.75, 3.05) is 12.9 Å². The number of carbonyl (C=O) groups is 1. The standard InChI is InChI=1S/C30H42O2S/c1-3-4-5-6-7-8-9-10-11-12-13-14-24-32-28-17-15-16-27(25-28)30(31)23-20-26-18-21-29(33-2)22-19-26/h15-23,25H,3-14,24H2,1-2H3. The van der Waals surface area contributed by atoms with Gasteiger partial charge in [0.25, 0.3) is 0 Å². The molecule has 0 fully saturated rings. The Hall–Kier alpha value is -2.00. The van der Waals surface area contributed by atoms with Gasteiger partial charge in [0.05, 0.1) is 6.61 Å². The van der Waals surface area contributed by atoms with Crippen LogP contribution in [0.15, 0.2) is 59.5 Å². The first-order chi connectivity index (χ1) is 16.2. The maximum Gasteiger partial charge on any atom is 0.185 e. The van der Waals surface area contributed by atoms with Gasteiger partial charge in [0.1, 0.15) is 5.75 Å². The Morgan fingerprint density at radius 1 is 0.818 bits per heavy atom. The number of ether oxygens (including phenoxy) is 1. The maximum atomic E-state index is 12.5. The van der Waals surface area contributed by atoms with Gasteiger partial charge in [-0.2, -0.15) is 0 Å². The van der Waals surface area contributed by atoms with Crippen LogP contribution in [-0.4, -0.2) is 18.6 Å². The number of hydrogen-bond donors (Lipinski definition) is 0. The van der Waals surface area contributed by atoms with E-state index >= 15 is 0 Å². The highest BCUT2D eigenvalue weighted by atomic mass is 32.2. The van der Waals surface area contributed by atoms with Crippen molar-refractivity contribution in [1.29, 1.82) is 0 Å². The Balaban J connectivity index is 1.58. The van der Waals surface area contributed by atoms with E-state index in [1.807, 2.05) is 42.5 Å². The van der Waals surface area contributed by atoms with Gasteiger partial charge in [-0.25, -0.2) is 0 Å². The van der Waals surface area contributed by atoms with Gasteiger partial charge in [0, 0.05) is 10.5 Å². The summed E-state index contributed by atoms with van der Waals surface area (Å²) in [6.07, 6.45) is 21.6. The van der Waals surface area contributed by atoms with Crippen molar-refractivity contribution < 1.29 is 9.53 Å². The van der Waals surface area contributed by atoms with E-state index in [0.717, 1.165) is 17.7 Å². The smallest absolute Gasteiger partial charge is 0.185 e. The average molecular weight is 467 g/mol. The Morgan fingerprint density at radius 2 is 1.42 bits per heavy atom. The fraction of sp³-hybridized carbons (Fsp3) is 0.500. The van der Waals surface area contributed by atoms with Gasteiger partial charge >= 0.3 is 0 Å². The van der Waals surface area contributed by atoms with E-state index in [4.69, 9.17) is 4.74 Å². The molecule has 0 amide bonds. The monoisotopic (exact) mass is 466 g/mol. The number of rotatable bonds is 18. The first-order valence-electron chi connectivity index (χ1n) is 12.8. The molecule has 0 saturated carbocycles. The van der Waals surface area contributed by atoms with Crippen molar-refractivity contribution in [3.63, 3.8) is 0 Å². The van der Waals surface area contributed by atoms with E-state index in [1.54, 1.807) is 17.8 Å². The van der Waals surface area contributed by atoms with E-state index in [-0.39, 0.29) is 5.78 Å². The average Bonchev–Trinajstić information content (AvgIpc) is 2.86. The van der Waals surface area contributed by atoms with Crippen LogP contribution in [0, 0.1) is 0 Å². The van der Waals surface area contributed by atoms with Crippen molar-refractivity contribution in [3.8, 4) is 5.75 Å². The van der Waals surface area contributed by atoms with Crippen LogP contribution in [0.25, 0.3) is 6.08 Å². The summed E-state index contributed by atoms with van der Waals surface area (Å²) in [5.74, 6) is 0.779. The predicted molar refractivity (Wildman–Crippen MR) is 145 cm³/mol. The van der Waals surface area contributed by atoms with Crippen LogP contribution in [0.1, 0.15) is 99.9 Å². The van der Waals surface area contributed by atoms with Crippen molar-refractivity contribution >= 4 is 23.6 Å². The molecule has 0 aromatic heterocycles. The van der Waals surface area contributed by atoms with Gasteiger partial charge in [0.2, 0.25) is 0 Å². The number of allylic oxidation sites excluding steroid dienone is 1. The van der Waals surface area contributed by atoms with Gasteiger partial charge in [-0.05, 0) is 48.6 Å². The molecule has 0 saturated heterocycles. The molecule has 2 aromatic rings. The second-order valence-electron chi connectivity index (χ2n) is 8.74. The topological polar surface area (TPSA) is 26.3 Å². The van der Waals surface area contributed by atoms with E-state index in [1.165, 1.54) is 75.5 Å². The number of unbranched alkanes of at least 4 members (excludes halogenated alkanes) is 11. The van der Waals surface area contributed by atoms with E-state index in [2.05, 4.69) is 25.3 Å². The summed E-state index contributed by atoms with van der Waals surface area (Å²) in [5.41, 5.74) is 1.69. The summed E-state index contributed by atoms with van der Waals surface area (Å²) in [4.78, 5) is 13.8. The number of carbonyl (C=O) groups excluding carboxylic acids is 1. The lowest BCUT2D eigenvalue weighted by molar-refractivity contribution is 0.104. The minimum Gasteiger partial charge on any atom is -0.494 e. The highest BCUT2D eigenvalue weighted by Crippen LogP contribution is 2.18. The van der Waals surface area contributed by atoms with Crippen LogP contribution < -0.4 is 4.74 Å². The molecule has 0 aliphatic rings. The fourth-order valence-corrected chi connectivity index (χ4v) is 4.26. The minimum atomic E-state index is -0.000225. The zero-order chi connectivity index (χ0) is 23.6. The molecule has 3 heteroatoms. The fourth-order valence-electron chi connectivity index (χ4n) is 3.86. The van der Waals surface area contributed by atoms with Crippen molar-refractivity contribution in [2.24, 2.45) is 0 Å². The van der Waals surface area contributed by atoms with Gasteiger partial charge in [-0.15, -0.1) is 11.8 Å². The summed E-state index contributed by atoms with van der Waals surface area (Å²) in [5, 5.41) is 0. The highest BCUT2D eigenvalue weighted by Gasteiger charge is 2.04. The number of ketones is 1. The lowest BCUT2D eigenvalue weighted by Crippen LogP contribution is -1.99. The molecule has 0 unspecified atom stereocenters. The van der Waals surface area contributed by atoms with Gasteiger partial charge < -0.3 is 4.74 Å². The Labute approximate surface area is 206 Å². The number of benzene rings is 2. The molecule has 0 atom stereocenters. The number of hydrogen-bond acceptors (Lipinski definition) is 3. The lowest BCUT2D eigenvalue weighted by atomic mass is 10.1. The summed E-state index contributed by atoms with van der Waals surface area (Å²) in [6.45, 7) is 2.99. The van der Waals surface area contributed by atoms with Crippen LogP contribution in [0.4, 0.5) is 0 Å². The lowest BCUT2D eigenvalue weighted by Gasteiger charge is -2.07. The normalized spacial score (nSPS) is 11.2. The molecular formula is C30H42O2S. The van der Waals surface area contributed by atoms with Gasteiger partial charge in [-0.3, -0.25) is 4.79 Å². The summed E-state index contributed by atoms with van der Waals surface area (Å²) >= 11 is 1.71. The minimum absolute atomic E-state index is 0.000225. The molecule has 2 rings (SSSR count). The van der Waals surface area contributed by atoms with Crippen molar-refractivity contribution in [2.45, 2.75) is 88.9 Å². The predicted octanol–water partition coefficient (Wildman–Crippen LogP) is 9.38. The molecule has 0 heterocycles. The molecule has 2 aromatic carbocycles. The third-order valence-electron chi connectivity index (χ3n) is 5.93. The third kappa shape index (κ3) is 12.1. The van der Waals surface area contributed by atoms with E-state index < -0.39 is 0 Å². The third-order valence-corrected chi connectivity index (χ3v) is 6.67. The zero-order valence-electron chi connectivity index (χ0n) is 20.7. The van der Waals surface area contributed by atoms with Crippen LogP contribution in [-0.2, 0) is 0 Å². The molecular weight excluding hydrogens is 424 g/mol. The molecule has 0 N–H and O–H groups in total. The molecule has 0 spiro atoms. The molecule has 0 bridgehead atoms. The van der Waals surface area contributed by atoms with Crippen molar-refractivity contribution in [3.05, 3.63) is 65.7 Å². The first kappa shape index (κ1) is 27.2. The van der Waals surface area contributed by atoms with Gasteiger partial charge in [0.15, 0.2) is 5.78 Å². The summed E-state index contributed by atoms with van der Waals surface area (Å²) < 4.78 is 5.90. The van der Waals surface area contributed by atoms with E-state index in [9.17, 15) is 4.79 Å². The first-order valence-corrected chi connectivity index (χ1v) is 14.0. The largest absolute Gasteiger partial charge is 0.494 e. The number of thioether (sulfide) groups is 1. The second kappa shape index (κ2) is 17.5. The highest BCUT2D eigenvalue weighted by molar-refractivity contribution is 7.98. The molecule has 0 radical (unpaired) electrons. The molecule has 0 aliphatic heterocycles. The molecule has 0 aliphatic carbocycles. The molecule has 33 heavy (non-hydrogen) atoms. The molecule has 180 valence electrons. The van der Waals surface area contributed by atoms with Crippen LogP contribution >= 0.6 is 11.8 Å². The quantitative estimate of drug-likeness (QED) is 0.0947. The zero-order valence-corrected chi connectivity index (χ0v) is 21.5. The Bertz CT molecular complexity index is 810. The van der Waals surface area contributed by atoms with Crippen LogP contribution in [0.3, 0.4) is 0 Å².